The van der Waals surface area contributed by atoms with Crippen molar-refractivity contribution >= 4 is 27.8 Å². The van der Waals surface area contributed by atoms with Crippen LogP contribution in [0.4, 0.5) is 5.69 Å². The summed E-state index contributed by atoms with van der Waals surface area (Å²) in [6.45, 7) is 2.08. The van der Waals surface area contributed by atoms with E-state index in [2.05, 4.69) is 5.10 Å². The molecule has 0 aliphatic carbocycles. The maximum absolute atomic E-state index is 13.2. The summed E-state index contributed by atoms with van der Waals surface area (Å²) in [5.41, 5.74) is 2.20. The average molecular weight is 427 g/mol. The SMILES string of the molecule is Cc1nn(-c2cccc([N+](=O)[O-])c2)c2oc3cc(OCc4ccccc4)ccc3c(=O)c12. The molecule has 158 valence electrons. The van der Waals surface area contributed by atoms with Gasteiger partial charge in [-0.1, -0.05) is 36.4 Å². The summed E-state index contributed by atoms with van der Waals surface area (Å²) in [5, 5.41) is 16.3. The number of benzene rings is 3. The number of aryl methyl sites for hydroxylation is 1. The van der Waals surface area contributed by atoms with Crippen molar-refractivity contribution in [1.29, 1.82) is 0 Å². The van der Waals surface area contributed by atoms with Gasteiger partial charge in [-0.2, -0.15) is 9.78 Å². The summed E-state index contributed by atoms with van der Waals surface area (Å²) in [4.78, 5) is 23.8. The molecule has 8 heteroatoms. The van der Waals surface area contributed by atoms with Gasteiger partial charge >= 0.3 is 0 Å². The van der Waals surface area contributed by atoms with Gasteiger partial charge in [0.25, 0.3) is 5.69 Å². The summed E-state index contributed by atoms with van der Waals surface area (Å²) in [6.07, 6.45) is 0. The molecule has 0 aliphatic rings. The molecule has 5 aromatic rings. The van der Waals surface area contributed by atoms with E-state index in [1.165, 1.54) is 16.8 Å². The minimum atomic E-state index is -0.482. The van der Waals surface area contributed by atoms with Gasteiger partial charge in [0, 0.05) is 18.2 Å². The van der Waals surface area contributed by atoms with Crippen LogP contribution in [0.2, 0.25) is 0 Å². The zero-order chi connectivity index (χ0) is 22.2. The largest absolute Gasteiger partial charge is 0.489 e. The normalized spacial score (nSPS) is 11.2. The van der Waals surface area contributed by atoms with Crippen LogP contribution >= 0.6 is 0 Å². The van der Waals surface area contributed by atoms with Gasteiger partial charge in [-0.25, -0.2) is 0 Å². The molecule has 2 aromatic heterocycles. The fourth-order valence-corrected chi connectivity index (χ4v) is 3.62. The second-order valence-electron chi connectivity index (χ2n) is 7.32. The first kappa shape index (κ1) is 19.5. The Hall–Kier alpha value is -4.46. The Morgan fingerprint density at radius 3 is 2.66 bits per heavy atom. The quantitative estimate of drug-likeness (QED) is 0.291. The number of rotatable bonds is 5. The van der Waals surface area contributed by atoms with Crippen molar-refractivity contribution in [3.63, 3.8) is 0 Å². The van der Waals surface area contributed by atoms with Crippen molar-refractivity contribution in [2.75, 3.05) is 0 Å². The zero-order valence-corrected chi connectivity index (χ0v) is 17.0. The molecular weight excluding hydrogens is 410 g/mol. The van der Waals surface area contributed by atoms with E-state index in [1.54, 1.807) is 37.3 Å². The molecule has 0 saturated carbocycles. The van der Waals surface area contributed by atoms with Crippen LogP contribution in [0.25, 0.3) is 27.8 Å². The van der Waals surface area contributed by atoms with Gasteiger partial charge in [-0.15, -0.1) is 0 Å². The minimum absolute atomic E-state index is 0.0801. The third kappa shape index (κ3) is 3.37. The highest BCUT2D eigenvalue weighted by atomic mass is 16.6. The van der Waals surface area contributed by atoms with Crippen molar-refractivity contribution in [3.8, 4) is 11.4 Å². The predicted octanol–water partition coefficient (Wildman–Crippen LogP) is 4.93. The highest BCUT2D eigenvalue weighted by molar-refractivity contribution is 5.90. The molecule has 3 aromatic carbocycles. The van der Waals surface area contributed by atoms with E-state index in [4.69, 9.17) is 9.15 Å². The molecule has 0 aliphatic heterocycles. The molecule has 0 radical (unpaired) electrons. The highest BCUT2D eigenvalue weighted by Crippen LogP contribution is 2.27. The molecule has 0 N–H and O–H groups in total. The first-order valence-corrected chi connectivity index (χ1v) is 9.89. The van der Waals surface area contributed by atoms with E-state index in [1.807, 2.05) is 30.3 Å². The average Bonchev–Trinajstić information content (AvgIpc) is 3.14. The van der Waals surface area contributed by atoms with Crippen molar-refractivity contribution in [2.45, 2.75) is 13.5 Å². The van der Waals surface area contributed by atoms with E-state index < -0.39 is 4.92 Å². The summed E-state index contributed by atoms with van der Waals surface area (Å²) in [5.74, 6) is 0.557. The molecule has 0 amide bonds. The Balaban J connectivity index is 1.62. The Morgan fingerprint density at radius 2 is 1.88 bits per heavy atom. The molecule has 0 bridgehead atoms. The second-order valence-corrected chi connectivity index (χ2v) is 7.32. The van der Waals surface area contributed by atoms with Crippen LogP contribution in [0, 0.1) is 17.0 Å². The van der Waals surface area contributed by atoms with E-state index in [0.29, 0.717) is 40.1 Å². The first-order valence-electron chi connectivity index (χ1n) is 9.89. The van der Waals surface area contributed by atoms with Crippen LogP contribution in [0.3, 0.4) is 0 Å². The molecule has 0 fully saturated rings. The van der Waals surface area contributed by atoms with Crippen molar-refractivity contribution in [1.82, 2.24) is 9.78 Å². The fourth-order valence-electron chi connectivity index (χ4n) is 3.62. The lowest BCUT2D eigenvalue weighted by atomic mass is 10.1. The van der Waals surface area contributed by atoms with Crippen molar-refractivity contribution in [2.24, 2.45) is 0 Å². The van der Waals surface area contributed by atoms with Crippen LogP contribution in [0.15, 0.2) is 82.0 Å². The number of nitro groups is 1. The third-order valence-corrected chi connectivity index (χ3v) is 5.18. The molecule has 32 heavy (non-hydrogen) atoms. The molecule has 2 heterocycles. The maximum Gasteiger partial charge on any atom is 0.271 e. The molecule has 0 atom stereocenters. The molecule has 8 nitrogen and oxygen atoms in total. The van der Waals surface area contributed by atoms with Gasteiger partial charge in [0.1, 0.15) is 23.3 Å². The highest BCUT2D eigenvalue weighted by Gasteiger charge is 2.19. The number of nitro benzene ring substituents is 1. The second kappa shape index (κ2) is 7.66. The van der Waals surface area contributed by atoms with Crippen LogP contribution in [0.5, 0.6) is 5.75 Å². The van der Waals surface area contributed by atoms with E-state index >= 15 is 0 Å². The van der Waals surface area contributed by atoms with Crippen LogP contribution < -0.4 is 10.2 Å². The van der Waals surface area contributed by atoms with Gasteiger partial charge in [0.2, 0.25) is 11.1 Å². The lowest BCUT2D eigenvalue weighted by molar-refractivity contribution is -0.384. The smallest absolute Gasteiger partial charge is 0.271 e. The van der Waals surface area contributed by atoms with Crippen LogP contribution in [-0.2, 0) is 6.61 Å². The first-order chi connectivity index (χ1) is 15.5. The Labute approximate surface area is 181 Å². The number of non-ortho nitro benzene ring substituents is 1. The zero-order valence-electron chi connectivity index (χ0n) is 17.0. The molecular formula is C24H17N3O5. The van der Waals surface area contributed by atoms with Crippen LogP contribution in [0.1, 0.15) is 11.3 Å². The van der Waals surface area contributed by atoms with Gasteiger partial charge in [-0.05, 0) is 30.7 Å². The van der Waals surface area contributed by atoms with E-state index in [0.717, 1.165) is 5.56 Å². The third-order valence-electron chi connectivity index (χ3n) is 5.18. The van der Waals surface area contributed by atoms with Crippen molar-refractivity contribution in [3.05, 3.63) is 104 Å². The van der Waals surface area contributed by atoms with Crippen LogP contribution in [-0.4, -0.2) is 14.7 Å². The summed E-state index contributed by atoms with van der Waals surface area (Å²) >= 11 is 0. The monoisotopic (exact) mass is 427 g/mol. The lowest BCUT2D eigenvalue weighted by Gasteiger charge is -2.08. The van der Waals surface area contributed by atoms with Gasteiger partial charge in [-0.3, -0.25) is 14.9 Å². The van der Waals surface area contributed by atoms with E-state index in [-0.39, 0.29) is 16.8 Å². The summed E-state index contributed by atoms with van der Waals surface area (Å²) in [7, 11) is 0. The number of fused-ring (bicyclic) bond motifs is 2. The topological polar surface area (TPSA) is 100 Å². The Kier molecular flexibility index (Phi) is 4.67. The van der Waals surface area contributed by atoms with E-state index in [9.17, 15) is 14.9 Å². The predicted molar refractivity (Wildman–Crippen MR) is 119 cm³/mol. The number of nitrogens with zero attached hydrogens (tertiary/aromatic N) is 3. The molecule has 0 unspecified atom stereocenters. The number of ether oxygens (including phenoxy) is 1. The fraction of sp³-hybridized carbons (Fsp3) is 0.0833. The lowest BCUT2D eigenvalue weighted by Crippen LogP contribution is -2.04. The number of hydrogen-bond acceptors (Lipinski definition) is 6. The molecule has 0 spiro atoms. The number of aromatic nitrogens is 2. The minimum Gasteiger partial charge on any atom is -0.489 e. The molecule has 0 saturated heterocycles. The summed E-state index contributed by atoms with van der Waals surface area (Å²) < 4.78 is 13.3. The van der Waals surface area contributed by atoms with Gasteiger partial charge in [0.05, 0.1) is 21.7 Å². The summed E-state index contributed by atoms with van der Waals surface area (Å²) in [6, 6.07) is 20.8. The van der Waals surface area contributed by atoms with Gasteiger partial charge < -0.3 is 9.15 Å². The molecule has 5 rings (SSSR count). The Bertz CT molecular complexity index is 1540. The maximum atomic E-state index is 13.2. The van der Waals surface area contributed by atoms with Gasteiger partial charge in [0.15, 0.2) is 0 Å². The van der Waals surface area contributed by atoms with Crippen molar-refractivity contribution < 1.29 is 14.1 Å². The standard InChI is InChI=1S/C24H17N3O5/c1-15-22-23(28)20-11-10-19(31-14-16-6-3-2-4-7-16)13-21(20)32-24(22)26(25-15)17-8-5-9-18(12-17)27(29)30/h2-13H,14H2,1H3. The Morgan fingerprint density at radius 1 is 1.06 bits per heavy atom. The number of hydrogen-bond donors (Lipinski definition) is 0.